The number of ether oxygens (including phenoxy) is 2. The molecule has 1 heterocycles. The van der Waals surface area contributed by atoms with Gasteiger partial charge in [0.15, 0.2) is 6.29 Å². The Morgan fingerprint density at radius 1 is 0.623 bits per heavy atom. The Kier molecular flexibility index (Phi) is 32.1. The van der Waals surface area contributed by atoms with Gasteiger partial charge in [0.2, 0.25) is 5.91 Å². The second-order valence-corrected chi connectivity index (χ2v) is 14.8. The molecule has 7 unspecified atom stereocenters. The van der Waals surface area contributed by atoms with Gasteiger partial charge in [-0.25, -0.2) is 0 Å². The molecule has 6 N–H and O–H groups in total. The average molecular weight is 750 g/mol. The Bertz CT molecular complexity index is 967. The molecule has 0 saturated carbocycles. The summed E-state index contributed by atoms with van der Waals surface area (Å²) in [5.74, 6) is -0.203. The summed E-state index contributed by atoms with van der Waals surface area (Å²) >= 11 is 0. The number of carbonyl (C=O) groups is 1. The molecule has 1 rings (SSSR count). The Hall–Kier alpha value is -1.85. The summed E-state index contributed by atoms with van der Waals surface area (Å²) in [6.07, 6.45) is 35.8. The van der Waals surface area contributed by atoms with Crippen LogP contribution in [0, 0.1) is 0 Å². The van der Waals surface area contributed by atoms with Gasteiger partial charge in [0, 0.05) is 6.42 Å². The third-order valence-electron chi connectivity index (χ3n) is 9.85. The molecule has 7 atom stereocenters. The van der Waals surface area contributed by atoms with Crippen molar-refractivity contribution in [3.05, 3.63) is 48.6 Å². The van der Waals surface area contributed by atoms with Crippen LogP contribution in [-0.2, 0) is 14.3 Å². The Morgan fingerprint density at radius 3 is 1.60 bits per heavy atom. The molecule has 0 aromatic heterocycles. The van der Waals surface area contributed by atoms with Gasteiger partial charge in [-0.1, -0.05) is 140 Å². The quantitative estimate of drug-likeness (QED) is 0.0285. The van der Waals surface area contributed by atoms with E-state index in [0.29, 0.717) is 6.42 Å². The van der Waals surface area contributed by atoms with Crippen LogP contribution in [0.25, 0.3) is 0 Å². The van der Waals surface area contributed by atoms with E-state index < -0.39 is 49.5 Å². The third kappa shape index (κ3) is 25.8. The smallest absolute Gasteiger partial charge is 0.220 e. The zero-order valence-electron chi connectivity index (χ0n) is 33.5. The van der Waals surface area contributed by atoms with E-state index in [9.17, 15) is 30.3 Å². The molecule has 1 aliphatic heterocycles. The van der Waals surface area contributed by atoms with Gasteiger partial charge in [0.1, 0.15) is 24.4 Å². The fourth-order valence-corrected chi connectivity index (χ4v) is 6.36. The van der Waals surface area contributed by atoms with Gasteiger partial charge in [0.25, 0.3) is 0 Å². The van der Waals surface area contributed by atoms with Crippen molar-refractivity contribution in [2.24, 2.45) is 0 Å². The largest absolute Gasteiger partial charge is 0.394 e. The van der Waals surface area contributed by atoms with Crippen molar-refractivity contribution < 1.29 is 39.8 Å². The molecule has 308 valence electrons. The van der Waals surface area contributed by atoms with Crippen LogP contribution in [0.4, 0.5) is 0 Å². The lowest BCUT2D eigenvalue weighted by Crippen LogP contribution is -2.60. The number of unbranched alkanes of at least 4 members (excludes halogenated alkanes) is 18. The molecular weight excluding hydrogens is 670 g/mol. The summed E-state index contributed by atoms with van der Waals surface area (Å²) in [5.41, 5.74) is 0. The first-order valence-corrected chi connectivity index (χ1v) is 21.4. The van der Waals surface area contributed by atoms with Gasteiger partial charge in [-0.15, -0.1) is 0 Å². The molecule has 0 aliphatic carbocycles. The maximum atomic E-state index is 12.9. The molecule has 0 bridgehead atoms. The molecule has 1 fully saturated rings. The zero-order chi connectivity index (χ0) is 38.8. The van der Waals surface area contributed by atoms with Crippen LogP contribution >= 0.6 is 0 Å². The van der Waals surface area contributed by atoms with Crippen LogP contribution in [-0.4, -0.2) is 87.5 Å². The number of amides is 1. The highest BCUT2D eigenvalue weighted by molar-refractivity contribution is 5.76. The van der Waals surface area contributed by atoms with Gasteiger partial charge in [-0.3, -0.25) is 4.79 Å². The summed E-state index contributed by atoms with van der Waals surface area (Å²) in [5, 5.41) is 54.0. The van der Waals surface area contributed by atoms with E-state index in [1.165, 1.54) is 77.0 Å². The van der Waals surface area contributed by atoms with Crippen molar-refractivity contribution in [2.45, 2.75) is 211 Å². The molecule has 1 saturated heterocycles. The standard InChI is InChI=1S/C44H79NO8/c1-3-5-7-9-11-13-15-17-18-19-20-22-23-25-27-29-31-33-38(47)37(36-52-44-43(51)42(50)41(49)39(35-46)53-44)45-40(48)34-32-30-28-26-24-21-16-14-12-10-8-6-4-2/h14,16,18-19,23,25,31,33,37-39,41-44,46-47,49-51H,3-13,15,17,20-22,24,26-30,32,34-36H2,1-2H3,(H,45,48)/b16-14-,19-18+,25-23+,33-31+. The lowest BCUT2D eigenvalue weighted by Gasteiger charge is -2.40. The summed E-state index contributed by atoms with van der Waals surface area (Å²) < 4.78 is 11.2. The van der Waals surface area contributed by atoms with E-state index in [2.05, 4.69) is 55.6 Å². The number of rotatable bonds is 34. The normalized spacial score (nSPS) is 22.1. The third-order valence-corrected chi connectivity index (χ3v) is 9.85. The van der Waals surface area contributed by atoms with Gasteiger partial charge < -0.3 is 40.3 Å². The van der Waals surface area contributed by atoms with Gasteiger partial charge in [-0.05, 0) is 70.6 Å². The summed E-state index contributed by atoms with van der Waals surface area (Å²) in [6, 6.07) is -0.830. The Morgan fingerprint density at radius 2 is 1.08 bits per heavy atom. The summed E-state index contributed by atoms with van der Waals surface area (Å²) in [7, 11) is 0. The molecule has 53 heavy (non-hydrogen) atoms. The van der Waals surface area contributed by atoms with Gasteiger partial charge in [-0.2, -0.15) is 0 Å². The van der Waals surface area contributed by atoms with Gasteiger partial charge in [0.05, 0.1) is 25.4 Å². The SMILES string of the molecule is CCCCCC/C=C\CCCCCCCC(=O)NC(COC1OC(CO)C(O)C(O)C1O)C(O)/C=C/CC/C=C/CC/C=C/CCCCCCCCC. The number of aliphatic hydroxyl groups excluding tert-OH is 5. The Labute approximate surface area is 323 Å². The lowest BCUT2D eigenvalue weighted by molar-refractivity contribution is -0.302. The first kappa shape index (κ1) is 49.2. The molecule has 0 aromatic carbocycles. The van der Waals surface area contributed by atoms with Crippen LogP contribution in [0.5, 0.6) is 0 Å². The minimum Gasteiger partial charge on any atom is -0.394 e. The predicted octanol–water partition coefficient (Wildman–Crippen LogP) is 8.28. The fraction of sp³-hybridized carbons (Fsp3) is 0.795. The van der Waals surface area contributed by atoms with E-state index in [1.807, 2.05) is 6.08 Å². The fourth-order valence-electron chi connectivity index (χ4n) is 6.36. The van der Waals surface area contributed by atoms with Gasteiger partial charge >= 0.3 is 0 Å². The second-order valence-electron chi connectivity index (χ2n) is 14.8. The molecule has 9 nitrogen and oxygen atoms in total. The molecule has 0 spiro atoms. The van der Waals surface area contributed by atoms with Crippen molar-refractivity contribution >= 4 is 5.91 Å². The summed E-state index contributed by atoms with van der Waals surface area (Å²) in [4.78, 5) is 12.9. The number of aliphatic hydroxyl groups is 5. The zero-order valence-corrected chi connectivity index (χ0v) is 33.5. The topological polar surface area (TPSA) is 149 Å². The van der Waals surface area contributed by atoms with E-state index in [-0.39, 0.29) is 12.5 Å². The maximum Gasteiger partial charge on any atom is 0.220 e. The van der Waals surface area contributed by atoms with Crippen molar-refractivity contribution in [2.75, 3.05) is 13.2 Å². The minimum absolute atomic E-state index is 0.203. The van der Waals surface area contributed by atoms with Crippen LogP contribution < -0.4 is 5.32 Å². The highest BCUT2D eigenvalue weighted by Gasteiger charge is 2.44. The summed E-state index contributed by atoms with van der Waals surface area (Å²) in [6.45, 7) is 3.70. The monoisotopic (exact) mass is 750 g/mol. The molecule has 1 aliphatic rings. The molecule has 9 heteroatoms. The number of hydrogen-bond acceptors (Lipinski definition) is 8. The highest BCUT2D eigenvalue weighted by atomic mass is 16.7. The van der Waals surface area contributed by atoms with Crippen LogP contribution in [0.1, 0.15) is 168 Å². The van der Waals surface area contributed by atoms with Crippen molar-refractivity contribution in [3.8, 4) is 0 Å². The number of allylic oxidation sites excluding steroid dienone is 7. The minimum atomic E-state index is -1.57. The van der Waals surface area contributed by atoms with E-state index in [4.69, 9.17) is 9.47 Å². The molecular formula is C44H79NO8. The van der Waals surface area contributed by atoms with Crippen LogP contribution in [0.3, 0.4) is 0 Å². The molecule has 1 amide bonds. The number of carbonyl (C=O) groups excluding carboxylic acids is 1. The lowest BCUT2D eigenvalue weighted by atomic mass is 9.99. The van der Waals surface area contributed by atoms with E-state index in [0.717, 1.165) is 70.6 Å². The molecule has 0 aromatic rings. The molecule has 0 radical (unpaired) electrons. The van der Waals surface area contributed by atoms with Crippen molar-refractivity contribution in [1.29, 1.82) is 0 Å². The number of hydrogen-bond donors (Lipinski definition) is 6. The van der Waals surface area contributed by atoms with Crippen LogP contribution in [0.15, 0.2) is 48.6 Å². The van der Waals surface area contributed by atoms with E-state index >= 15 is 0 Å². The second kappa shape index (κ2) is 34.6. The van der Waals surface area contributed by atoms with Crippen LogP contribution in [0.2, 0.25) is 0 Å². The average Bonchev–Trinajstić information content (AvgIpc) is 3.16. The number of nitrogens with one attached hydrogen (secondary N) is 1. The Balaban J connectivity index is 2.46. The highest BCUT2D eigenvalue weighted by Crippen LogP contribution is 2.22. The maximum absolute atomic E-state index is 12.9. The first-order valence-electron chi connectivity index (χ1n) is 21.4. The first-order chi connectivity index (χ1) is 25.8. The van der Waals surface area contributed by atoms with Crippen molar-refractivity contribution in [3.63, 3.8) is 0 Å². The predicted molar refractivity (Wildman–Crippen MR) is 216 cm³/mol. The van der Waals surface area contributed by atoms with E-state index in [1.54, 1.807) is 6.08 Å². The van der Waals surface area contributed by atoms with Crippen molar-refractivity contribution in [1.82, 2.24) is 5.32 Å².